The standard InChI is InChI=1S/C14H13BrFNO/c15-10-6-7-13(16)12(8-10)14(17)9-18-11-4-2-1-3-5-11/h1-8,14H,9,17H2. The average molecular weight is 310 g/mol. The van der Waals surface area contributed by atoms with Gasteiger partial charge in [-0.15, -0.1) is 0 Å². The highest BCUT2D eigenvalue weighted by atomic mass is 79.9. The molecule has 2 rings (SSSR count). The third kappa shape index (κ3) is 3.31. The first kappa shape index (κ1) is 13.1. The van der Waals surface area contributed by atoms with Gasteiger partial charge in [-0.3, -0.25) is 0 Å². The molecule has 0 spiro atoms. The molecule has 4 heteroatoms. The van der Waals surface area contributed by atoms with Gasteiger partial charge in [0.2, 0.25) is 0 Å². The summed E-state index contributed by atoms with van der Waals surface area (Å²) in [5.41, 5.74) is 6.37. The van der Waals surface area contributed by atoms with E-state index in [1.807, 2.05) is 30.3 Å². The van der Waals surface area contributed by atoms with E-state index >= 15 is 0 Å². The summed E-state index contributed by atoms with van der Waals surface area (Å²) in [7, 11) is 0. The summed E-state index contributed by atoms with van der Waals surface area (Å²) in [5.74, 6) is 0.408. The maximum atomic E-state index is 13.6. The zero-order valence-corrected chi connectivity index (χ0v) is 11.2. The topological polar surface area (TPSA) is 35.2 Å². The normalized spacial score (nSPS) is 12.2. The van der Waals surface area contributed by atoms with Crippen LogP contribution in [-0.4, -0.2) is 6.61 Å². The molecule has 2 N–H and O–H groups in total. The van der Waals surface area contributed by atoms with Crippen LogP contribution in [0.2, 0.25) is 0 Å². The van der Waals surface area contributed by atoms with Crippen LogP contribution in [0.1, 0.15) is 11.6 Å². The van der Waals surface area contributed by atoms with Gasteiger partial charge in [0.1, 0.15) is 18.2 Å². The lowest BCUT2D eigenvalue weighted by molar-refractivity contribution is 0.288. The summed E-state index contributed by atoms with van der Waals surface area (Å²) in [5, 5.41) is 0. The average Bonchev–Trinajstić information content (AvgIpc) is 2.40. The van der Waals surface area contributed by atoms with Gasteiger partial charge >= 0.3 is 0 Å². The van der Waals surface area contributed by atoms with Gasteiger partial charge < -0.3 is 10.5 Å². The number of benzene rings is 2. The summed E-state index contributed by atoms with van der Waals surface area (Å²) >= 11 is 3.30. The van der Waals surface area contributed by atoms with Crippen molar-refractivity contribution in [2.45, 2.75) is 6.04 Å². The number of rotatable bonds is 4. The fourth-order valence-corrected chi connectivity index (χ4v) is 1.97. The second-order valence-electron chi connectivity index (χ2n) is 3.90. The van der Waals surface area contributed by atoms with Crippen molar-refractivity contribution in [2.75, 3.05) is 6.61 Å². The third-order valence-corrected chi connectivity index (χ3v) is 3.02. The lowest BCUT2D eigenvalue weighted by Gasteiger charge is -2.14. The zero-order valence-electron chi connectivity index (χ0n) is 9.64. The van der Waals surface area contributed by atoms with Crippen LogP contribution in [0.25, 0.3) is 0 Å². The minimum Gasteiger partial charge on any atom is -0.492 e. The lowest BCUT2D eigenvalue weighted by atomic mass is 10.1. The number of nitrogens with two attached hydrogens (primary N) is 1. The van der Waals surface area contributed by atoms with Gasteiger partial charge in [-0.25, -0.2) is 4.39 Å². The summed E-state index contributed by atoms with van der Waals surface area (Å²) in [6, 6.07) is 13.5. The molecule has 0 amide bonds. The van der Waals surface area contributed by atoms with Crippen LogP contribution >= 0.6 is 15.9 Å². The number of halogens is 2. The molecule has 0 saturated heterocycles. The second kappa shape index (κ2) is 5.98. The molecule has 0 aliphatic heterocycles. The largest absolute Gasteiger partial charge is 0.492 e. The molecule has 0 aromatic heterocycles. The molecule has 2 nitrogen and oxygen atoms in total. The maximum Gasteiger partial charge on any atom is 0.128 e. The van der Waals surface area contributed by atoms with E-state index in [1.165, 1.54) is 6.07 Å². The SMILES string of the molecule is NC(COc1ccccc1)c1cc(Br)ccc1F. The van der Waals surface area contributed by atoms with E-state index in [2.05, 4.69) is 15.9 Å². The Labute approximate surface area is 114 Å². The van der Waals surface area contributed by atoms with Crippen molar-refractivity contribution in [3.8, 4) is 5.75 Å². The van der Waals surface area contributed by atoms with Crippen molar-refractivity contribution in [3.05, 3.63) is 64.4 Å². The Morgan fingerprint density at radius 2 is 1.89 bits per heavy atom. The van der Waals surface area contributed by atoms with Crippen LogP contribution in [-0.2, 0) is 0 Å². The summed E-state index contributed by atoms with van der Waals surface area (Å²) in [6.07, 6.45) is 0. The number of hydrogen-bond donors (Lipinski definition) is 1. The molecule has 1 unspecified atom stereocenters. The highest BCUT2D eigenvalue weighted by molar-refractivity contribution is 9.10. The van der Waals surface area contributed by atoms with E-state index < -0.39 is 6.04 Å². The molecule has 0 bridgehead atoms. The van der Waals surface area contributed by atoms with Crippen molar-refractivity contribution < 1.29 is 9.13 Å². The quantitative estimate of drug-likeness (QED) is 0.935. The smallest absolute Gasteiger partial charge is 0.128 e. The summed E-state index contributed by atoms with van der Waals surface area (Å²) < 4.78 is 19.9. The van der Waals surface area contributed by atoms with Gasteiger partial charge in [0.05, 0.1) is 6.04 Å². The molecule has 18 heavy (non-hydrogen) atoms. The molecule has 0 aliphatic rings. The predicted octanol–water partition coefficient (Wildman–Crippen LogP) is 3.67. The van der Waals surface area contributed by atoms with Gasteiger partial charge in [0.15, 0.2) is 0 Å². The molecule has 2 aromatic carbocycles. The second-order valence-corrected chi connectivity index (χ2v) is 4.81. The highest BCUT2D eigenvalue weighted by Crippen LogP contribution is 2.21. The molecule has 2 aromatic rings. The van der Waals surface area contributed by atoms with Crippen LogP contribution in [0, 0.1) is 5.82 Å². The van der Waals surface area contributed by atoms with Crippen molar-refractivity contribution in [3.63, 3.8) is 0 Å². The lowest BCUT2D eigenvalue weighted by Crippen LogP contribution is -2.20. The Hall–Kier alpha value is -1.39. The number of para-hydroxylation sites is 1. The fraction of sp³-hybridized carbons (Fsp3) is 0.143. The van der Waals surface area contributed by atoms with Crippen LogP contribution in [0.4, 0.5) is 4.39 Å². The van der Waals surface area contributed by atoms with Gasteiger partial charge in [-0.2, -0.15) is 0 Å². The van der Waals surface area contributed by atoms with Crippen LogP contribution in [0.5, 0.6) is 5.75 Å². The molecule has 94 valence electrons. The molecular formula is C14H13BrFNO. The molecule has 0 heterocycles. The Kier molecular flexibility index (Phi) is 4.33. The molecule has 0 fully saturated rings. The van der Waals surface area contributed by atoms with Crippen molar-refractivity contribution in [2.24, 2.45) is 5.73 Å². The van der Waals surface area contributed by atoms with Crippen molar-refractivity contribution in [1.82, 2.24) is 0 Å². The molecule has 0 radical (unpaired) electrons. The Balaban J connectivity index is 2.03. The predicted molar refractivity (Wildman–Crippen MR) is 73.0 cm³/mol. The van der Waals surface area contributed by atoms with E-state index in [9.17, 15) is 4.39 Å². The van der Waals surface area contributed by atoms with Crippen LogP contribution < -0.4 is 10.5 Å². The van der Waals surface area contributed by atoms with Crippen LogP contribution in [0.15, 0.2) is 53.0 Å². The van der Waals surface area contributed by atoms with Gasteiger partial charge in [-0.05, 0) is 30.3 Å². The van der Waals surface area contributed by atoms with Gasteiger partial charge in [0.25, 0.3) is 0 Å². The minimum absolute atomic E-state index is 0.234. The summed E-state index contributed by atoms with van der Waals surface area (Å²) in [4.78, 5) is 0. The molecule has 1 atom stereocenters. The Bertz CT molecular complexity index is 518. The van der Waals surface area contributed by atoms with Crippen LogP contribution in [0.3, 0.4) is 0 Å². The molecule has 0 saturated carbocycles. The van der Waals surface area contributed by atoms with E-state index in [0.717, 1.165) is 10.2 Å². The van der Waals surface area contributed by atoms with E-state index in [1.54, 1.807) is 12.1 Å². The van der Waals surface area contributed by atoms with Gasteiger partial charge in [0, 0.05) is 10.0 Å². The first-order valence-electron chi connectivity index (χ1n) is 5.55. The van der Waals surface area contributed by atoms with Crippen molar-refractivity contribution in [1.29, 1.82) is 0 Å². The van der Waals surface area contributed by atoms with E-state index in [-0.39, 0.29) is 12.4 Å². The maximum absolute atomic E-state index is 13.6. The molecular weight excluding hydrogens is 297 g/mol. The highest BCUT2D eigenvalue weighted by Gasteiger charge is 2.12. The fourth-order valence-electron chi connectivity index (χ4n) is 1.59. The number of ether oxygens (including phenoxy) is 1. The third-order valence-electron chi connectivity index (χ3n) is 2.53. The zero-order chi connectivity index (χ0) is 13.0. The van der Waals surface area contributed by atoms with Crippen molar-refractivity contribution >= 4 is 15.9 Å². The number of hydrogen-bond acceptors (Lipinski definition) is 2. The first-order chi connectivity index (χ1) is 8.66. The summed E-state index contributed by atoms with van der Waals surface area (Å²) in [6.45, 7) is 0.234. The monoisotopic (exact) mass is 309 g/mol. The first-order valence-corrected chi connectivity index (χ1v) is 6.34. The molecule has 0 aliphatic carbocycles. The van der Waals surface area contributed by atoms with Gasteiger partial charge in [-0.1, -0.05) is 34.1 Å². The van der Waals surface area contributed by atoms with E-state index in [4.69, 9.17) is 10.5 Å². The van der Waals surface area contributed by atoms with E-state index in [0.29, 0.717) is 5.56 Å². The Morgan fingerprint density at radius 1 is 1.17 bits per heavy atom. The minimum atomic E-state index is -0.497. The Morgan fingerprint density at radius 3 is 2.61 bits per heavy atom.